The van der Waals surface area contributed by atoms with Crippen LogP contribution in [-0.4, -0.2) is 23.7 Å². The maximum atomic E-state index is 10.8. The predicted octanol–water partition coefficient (Wildman–Crippen LogP) is 2.46. The molecule has 0 saturated carbocycles. The van der Waals surface area contributed by atoms with Gasteiger partial charge >= 0.3 is 5.97 Å². The number of nitrogens with zero attached hydrogens (tertiary/aromatic N) is 1. The summed E-state index contributed by atoms with van der Waals surface area (Å²) >= 11 is 0. The van der Waals surface area contributed by atoms with E-state index in [0.717, 1.165) is 11.3 Å². The number of carboxylic acids is 1. The highest BCUT2D eigenvalue weighted by molar-refractivity contribution is 5.74. The molecule has 0 aliphatic rings. The Morgan fingerprint density at radius 3 is 2.50 bits per heavy atom. The highest BCUT2D eigenvalue weighted by Crippen LogP contribution is 2.17. The van der Waals surface area contributed by atoms with Crippen molar-refractivity contribution in [1.82, 2.24) is 0 Å². The van der Waals surface area contributed by atoms with Gasteiger partial charge in [-0.05, 0) is 26.0 Å². The molecule has 1 N–H and O–H groups in total. The highest BCUT2D eigenvalue weighted by atomic mass is 16.4. The lowest BCUT2D eigenvalue weighted by molar-refractivity contribution is -0.135. The van der Waals surface area contributed by atoms with Crippen molar-refractivity contribution < 1.29 is 9.90 Å². The summed E-state index contributed by atoms with van der Waals surface area (Å²) in [5, 5.41) is 8.87. The number of hydrogen-bond acceptors (Lipinski definition) is 2. The van der Waals surface area contributed by atoms with E-state index in [4.69, 9.17) is 5.11 Å². The average Bonchev–Trinajstić information content (AvgIpc) is 2.26. The van der Waals surface area contributed by atoms with Gasteiger partial charge in [-0.25, -0.2) is 0 Å². The lowest BCUT2D eigenvalue weighted by atomic mass is 10.2. The van der Waals surface area contributed by atoms with Gasteiger partial charge in [-0.3, -0.25) is 4.79 Å². The first kappa shape index (κ1) is 12.3. The normalized spacial score (nSPS) is 11.9. The molecule has 3 heteroatoms. The van der Waals surface area contributed by atoms with Crippen LogP contribution in [0.5, 0.6) is 0 Å². The van der Waals surface area contributed by atoms with E-state index in [0.29, 0.717) is 0 Å². The molecule has 0 spiro atoms. The molecular formula is C13H17NO2. The molecule has 0 bridgehead atoms. The molecule has 1 aromatic carbocycles. The molecule has 1 atom stereocenters. The Kier molecular flexibility index (Phi) is 4.11. The summed E-state index contributed by atoms with van der Waals surface area (Å²) in [7, 11) is 0. The molecule has 0 aliphatic carbocycles. The van der Waals surface area contributed by atoms with E-state index in [2.05, 4.69) is 6.58 Å². The molecule has 0 saturated heterocycles. The second-order valence-electron chi connectivity index (χ2n) is 3.83. The Morgan fingerprint density at radius 2 is 2.06 bits per heavy atom. The minimum atomic E-state index is -0.839. The van der Waals surface area contributed by atoms with Gasteiger partial charge < -0.3 is 10.0 Å². The van der Waals surface area contributed by atoms with Crippen LogP contribution in [0.15, 0.2) is 36.9 Å². The first-order chi connectivity index (χ1) is 7.54. The van der Waals surface area contributed by atoms with Gasteiger partial charge in [0.25, 0.3) is 0 Å². The van der Waals surface area contributed by atoms with Crippen molar-refractivity contribution in [2.45, 2.75) is 19.9 Å². The molecule has 0 heterocycles. The average molecular weight is 219 g/mol. The summed E-state index contributed by atoms with van der Waals surface area (Å²) in [4.78, 5) is 12.6. The van der Waals surface area contributed by atoms with E-state index in [1.165, 1.54) is 0 Å². The van der Waals surface area contributed by atoms with Crippen molar-refractivity contribution in [3.8, 4) is 0 Å². The lowest BCUT2D eigenvalue weighted by Crippen LogP contribution is -2.36. The Balaban J connectivity index is 2.95. The van der Waals surface area contributed by atoms with Crippen molar-refractivity contribution in [2.24, 2.45) is 0 Å². The van der Waals surface area contributed by atoms with Crippen molar-refractivity contribution in [1.29, 1.82) is 0 Å². The Morgan fingerprint density at radius 1 is 1.50 bits per heavy atom. The molecule has 0 aliphatic heterocycles. The molecule has 1 unspecified atom stereocenters. The van der Waals surface area contributed by atoms with Gasteiger partial charge in [0.15, 0.2) is 0 Å². The van der Waals surface area contributed by atoms with Crippen LogP contribution >= 0.6 is 0 Å². The van der Waals surface area contributed by atoms with E-state index in [1.807, 2.05) is 38.1 Å². The molecule has 0 fully saturated rings. The van der Waals surface area contributed by atoms with E-state index >= 15 is 0 Å². The summed E-state index contributed by atoms with van der Waals surface area (Å²) in [5.41, 5.74) is 2.06. The zero-order chi connectivity index (χ0) is 12.1. The van der Waals surface area contributed by atoms with Gasteiger partial charge in [-0.15, -0.1) is 6.58 Å². The van der Waals surface area contributed by atoms with Crippen LogP contribution in [0.25, 0.3) is 0 Å². The summed E-state index contributed by atoms with van der Waals surface area (Å²) in [6, 6.07) is 7.80. The van der Waals surface area contributed by atoms with Crippen molar-refractivity contribution in [2.75, 3.05) is 11.4 Å². The summed E-state index contributed by atoms with van der Waals surface area (Å²) in [6.07, 6.45) is 1.74. The van der Waals surface area contributed by atoms with E-state index in [1.54, 1.807) is 11.0 Å². The molecule has 86 valence electrons. The fraction of sp³-hybridized carbons (Fsp3) is 0.308. The van der Waals surface area contributed by atoms with E-state index in [-0.39, 0.29) is 12.6 Å². The molecule has 3 nitrogen and oxygen atoms in total. The number of carboxylic acid groups (broad SMARTS) is 1. The zero-order valence-electron chi connectivity index (χ0n) is 9.68. The van der Waals surface area contributed by atoms with Gasteiger partial charge in [0.05, 0.1) is 0 Å². The van der Waals surface area contributed by atoms with Gasteiger partial charge in [0, 0.05) is 11.7 Å². The Labute approximate surface area is 96.0 Å². The number of aryl methyl sites for hydroxylation is 1. The van der Waals surface area contributed by atoms with E-state index < -0.39 is 5.97 Å². The SMILES string of the molecule is C=CC(C)N(CC(=O)O)c1ccc(C)cc1. The van der Waals surface area contributed by atoms with Crippen LogP contribution in [0.4, 0.5) is 5.69 Å². The third kappa shape index (κ3) is 3.12. The van der Waals surface area contributed by atoms with Gasteiger partial charge in [-0.1, -0.05) is 23.8 Å². The molecule has 16 heavy (non-hydrogen) atoms. The van der Waals surface area contributed by atoms with Crippen LogP contribution in [0, 0.1) is 6.92 Å². The number of benzene rings is 1. The molecule has 0 aromatic heterocycles. The molecule has 0 radical (unpaired) electrons. The predicted molar refractivity (Wildman–Crippen MR) is 65.8 cm³/mol. The first-order valence-electron chi connectivity index (χ1n) is 5.22. The highest BCUT2D eigenvalue weighted by Gasteiger charge is 2.14. The quantitative estimate of drug-likeness (QED) is 0.773. The number of anilines is 1. The molecule has 0 amide bonds. The Hall–Kier alpha value is -1.77. The fourth-order valence-electron chi connectivity index (χ4n) is 1.48. The van der Waals surface area contributed by atoms with Crippen molar-refractivity contribution >= 4 is 11.7 Å². The Bertz CT molecular complexity index is 370. The van der Waals surface area contributed by atoms with Gasteiger partial charge in [0.1, 0.15) is 6.54 Å². The van der Waals surface area contributed by atoms with E-state index in [9.17, 15) is 4.79 Å². The van der Waals surface area contributed by atoms with Gasteiger partial charge in [0.2, 0.25) is 0 Å². The van der Waals surface area contributed by atoms with Crippen LogP contribution in [-0.2, 0) is 4.79 Å². The fourth-order valence-corrected chi connectivity index (χ4v) is 1.48. The number of aliphatic carboxylic acids is 1. The minimum absolute atomic E-state index is 0.00111. The molecular weight excluding hydrogens is 202 g/mol. The van der Waals surface area contributed by atoms with Crippen LogP contribution in [0.1, 0.15) is 12.5 Å². The number of rotatable bonds is 5. The van der Waals surface area contributed by atoms with Gasteiger partial charge in [-0.2, -0.15) is 0 Å². The zero-order valence-corrected chi connectivity index (χ0v) is 9.68. The lowest BCUT2D eigenvalue weighted by Gasteiger charge is -2.27. The van der Waals surface area contributed by atoms with Crippen LogP contribution < -0.4 is 4.90 Å². The topological polar surface area (TPSA) is 40.5 Å². The second-order valence-corrected chi connectivity index (χ2v) is 3.83. The number of hydrogen-bond donors (Lipinski definition) is 1. The first-order valence-corrected chi connectivity index (χ1v) is 5.22. The third-order valence-corrected chi connectivity index (χ3v) is 2.50. The third-order valence-electron chi connectivity index (χ3n) is 2.50. The molecule has 1 rings (SSSR count). The monoisotopic (exact) mass is 219 g/mol. The summed E-state index contributed by atoms with van der Waals surface area (Å²) in [6.45, 7) is 7.61. The maximum Gasteiger partial charge on any atom is 0.323 e. The van der Waals surface area contributed by atoms with Crippen molar-refractivity contribution in [3.05, 3.63) is 42.5 Å². The largest absolute Gasteiger partial charge is 0.480 e. The number of carbonyl (C=O) groups is 1. The molecule has 1 aromatic rings. The second kappa shape index (κ2) is 5.35. The maximum absolute atomic E-state index is 10.8. The smallest absolute Gasteiger partial charge is 0.323 e. The van der Waals surface area contributed by atoms with Crippen molar-refractivity contribution in [3.63, 3.8) is 0 Å². The minimum Gasteiger partial charge on any atom is -0.480 e. The van der Waals surface area contributed by atoms with Crippen LogP contribution in [0.3, 0.4) is 0 Å². The van der Waals surface area contributed by atoms with Crippen LogP contribution in [0.2, 0.25) is 0 Å². The standard InChI is InChI=1S/C13H17NO2/c1-4-11(3)14(9-13(15)16)12-7-5-10(2)6-8-12/h4-8,11H,1,9H2,2-3H3,(H,15,16). The summed E-state index contributed by atoms with van der Waals surface area (Å²) in [5.74, 6) is -0.839. The summed E-state index contributed by atoms with van der Waals surface area (Å²) < 4.78 is 0.